The second kappa shape index (κ2) is 7.37. The quantitative estimate of drug-likeness (QED) is 0.889. The molecular formula is C20H27N3O3. The smallest absolute Gasteiger partial charge is 0.228 e. The van der Waals surface area contributed by atoms with E-state index in [1.807, 2.05) is 23.1 Å². The number of rotatable bonds is 3. The number of nitrogens with one attached hydrogen (secondary N) is 1. The third-order valence-electron chi connectivity index (χ3n) is 5.84. The number of nitrogens with zero attached hydrogens (tertiary/aromatic N) is 2. The van der Waals surface area contributed by atoms with E-state index in [-0.39, 0.29) is 17.9 Å². The van der Waals surface area contributed by atoms with Crippen molar-refractivity contribution in [3.63, 3.8) is 0 Å². The fourth-order valence-electron chi connectivity index (χ4n) is 4.39. The Kier molecular flexibility index (Phi) is 4.96. The lowest BCUT2D eigenvalue weighted by Crippen LogP contribution is -2.57. The zero-order valence-corrected chi connectivity index (χ0v) is 15.4. The SMILES string of the molecule is C[C@H]1CN(C2CCOCC2)CCN1C(=O)Cc1ccc2c(c1)NC(=O)C2. The molecule has 0 bridgehead atoms. The van der Waals surface area contributed by atoms with Crippen molar-refractivity contribution in [1.82, 2.24) is 9.80 Å². The van der Waals surface area contributed by atoms with Gasteiger partial charge in [0.1, 0.15) is 0 Å². The highest BCUT2D eigenvalue weighted by Gasteiger charge is 2.31. The number of carbonyl (C=O) groups is 2. The van der Waals surface area contributed by atoms with Gasteiger partial charge in [0.25, 0.3) is 0 Å². The maximum Gasteiger partial charge on any atom is 0.228 e. The standard InChI is InChI=1S/C20H27N3O3/c1-14-13-22(17-4-8-26-9-5-17)6-7-23(14)20(25)11-15-2-3-16-12-19(24)21-18(16)10-15/h2-3,10,14,17H,4-9,11-13H2,1H3,(H,21,24)/t14-/m0/s1. The molecule has 0 radical (unpaired) electrons. The molecule has 0 unspecified atom stereocenters. The topological polar surface area (TPSA) is 61.9 Å². The first-order valence-corrected chi connectivity index (χ1v) is 9.63. The van der Waals surface area contributed by atoms with Gasteiger partial charge in [-0.05, 0) is 37.0 Å². The van der Waals surface area contributed by atoms with Crippen molar-refractivity contribution in [2.75, 3.05) is 38.2 Å². The number of ether oxygens (including phenoxy) is 1. The fraction of sp³-hybridized carbons (Fsp3) is 0.600. The van der Waals surface area contributed by atoms with E-state index in [0.29, 0.717) is 18.9 Å². The van der Waals surface area contributed by atoms with Gasteiger partial charge in [-0.1, -0.05) is 12.1 Å². The summed E-state index contributed by atoms with van der Waals surface area (Å²) in [5.74, 6) is 0.203. The molecule has 3 heterocycles. The lowest BCUT2D eigenvalue weighted by atomic mass is 10.0. The predicted octanol–water partition coefficient (Wildman–Crippen LogP) is 1.44. The highest BCUT2D eigenvalue weighted by Crippen LogP contribution is 2.25. The molecule has 1 N–H and O–H groups in total. The molecule has 0 aliphatic carbocycles. The molecule has 0 saturated carbocycles. The van der Waals surface area contributed by atoms with Crippen LogP contribution in [0.1, 0.15) is 30.9 Å². The van der Waals surface area contributed by atoms with Crippen LogP contribution >= 0.6 is 0 Å². The number of fused-ring (bicyclic) bond motifs is 1. The Morgan fingerprint density at radius 2 is 2.08 bits per heavy atom. The normalized spacial score (nSPS) is 24.4. The molecule has 0 spiro atoms. The lowest BCUT2D eigenvalue weighted by Gasteiger charge is -2.44. The Morgan fingerprint density at radius 3 is 2.85 bits per heavy atom. The first kappa shape index (κ1) is 17.5. The zero-order chi connectivity index (χ0) is 18.1. The van der Waals surface area contributed by atoms with Gasteiger partial charge in [0.2, 0.25) is 11.8 Å². The highest BCUT2D eigenvalue weighted by molar-refractivity contribution is 5.99. The van der Waals surface area contributed by atoms with E-state index in [2.05, 4.69) is 17.1 Å². The fourth-order valence-corrected chi connectivity index (χ4v) is 4.39. The van der Waals surface area contributed by atoms with Gasteiger partial charge in [0.15, 0.2) is 0 Å². The monoisotopic (exact) mass is 357 g/mol. The van der Waals surface area contributed by atoms with Crippen LogP contribution in [0.3, 0.4) is 0 Å². The zero-order valence-electron chi connectivity index (χ0n) is 15.4. The minimum Gasteiger partial charge on any atom is -0.381 e. The third-order valence-corrected chi connectivity index (χ3v) is 5.84. The van der Waals surface area contributed by atoms with Crippen LogP contribution in [0.4, 0.5) is 5.69 Å². The molecule has 6 heteroatoms. The van der Waals surface area contributed by atoms with E-state index < -0.39 is 0 Å². The van der Waals surface area contributed by atoms with E-state index in [1.165, 1.54) is 0 Å². The Labute approximate surface area is 154 Å². The van der Waals surface area contributed by atoms with Crippen LogP contribution < -0.4 is 5.32 Å². The molecule has 2 amide bonds. The summed E-state index contributed by atoms with van der Waals surface area (Å²) < 4.78 is 5.46. The van der Waals surface area contributed by atoms with E-state index >= 15 is 0 Å². The number of amides is 2. The first-order valence-electron chi connectivity index (χ1n) is 9.63. The van der Waals surface area contributed by atoms with E-state index in [4.69, 9.17) is 4.74 Å². The summed E-state index contributed by atoms with van der Waals surface area (Å²) in [4.78, 5) is 28.9. The molecule has 3 aliphatic rings. The number of hydrogen-bond acceptors (Lipinski definition) is 4. The van der Waals surface area contributed by atoms with E-state index in [9.17, 15) is 9.59 Å². The van der Waals surface area contributed by atoms with Gasteiger partial charge in [-0.15, -0.1) is 0 Å². The summed E-state index contributed by atoms with van der Waals surface area (Å²) in [7, 11) is 0. The molecule has 1 aromatic carbocycles. The van der Waals surface area contributed by atoms with Crippen molar-refractivity contribution in [3.8, 4) is 0 Å². The van der Waals surface area contributed by atoms with Crippen molar-refractivity contribution >= 4 is 17.5 Å². The van der Waals surface area contributed by atoms with Crippen molar-refractivity contribution in [2.24, 2.45) is 0 Å². The Hall–Kier alpha value is -1.92. The molecule has 2 saturated heterocycles. The van der Waals surface area contributed by atoms with E-state index in [0.717, 1.165) is 62.5 Å². The van der Waals surface area contributed by atoms with Gasteiger partial charge in [0.05, 0.1) is 12.8 Å². The van der Waals surface area contributed by atoms with Crippen LogP contribution in [-0.4, -0.2) is 66.5 Å². The number of piperazine rings is 1. The summed E-state index contributed by atoms with van der Waals surface area (Å²) in [6.45, 7) is 6.53. The van der Waals surface area contributed by atoms with Crippen LogP contribution in [0.5, 0.6) is 0 Å². The average Bonchev–Trinajstić information content (AvgIpc) is 3.01. The van der Waals surface area contributed by atoms with Crippen LogP contribution in [0.15, 0.2) is 18.2 Å². The molecular weight excluding hydrogens is 330 g/mol. The summed E-state index contributed by atoms with van der Waals surface area (Å²) in [5.41, 5.74) is 2.84. The van der Waals surface area contributed by atoms with Crippen molar-refractivity contribution in [1.29, 1.82) is 0 Å². The molecule has 4 rings (SSSR count). The molecule has 140 valence electrons. The molecule has 1 atom stereocenters. The summed E-state index contributed by atoms with van der Waals surface area (Å²) in [6, 6.07) is 6.71. The number of anilines is 1. The summed E-state index contributed by atoms with van der Waals surface area (Å²) >= 11 is 0. The lowest BCUT2D eigenvalue weighted by molar-refractivity contribution is -0.135. The molecule has 3 aliphatic heterocycles. The van der Waals surface area contributed by atoms with Gasteiger partial charge in [-0.3, -0.25) is 14.5 Å². The average molecular weight is 357 g/mol. The largest absolute Gasteiger partial charge is 0.381 e. The van der Waals surface area contributed by atoms with E-state index in [1.54, 1.807) is 0 Å². The highest BCUT2D eigenvalue weighted by atomic mass is 16.5. The van der Waals surface area contributed by atoms with Crippen LogP contribution in [0.25, 0.3) is 0 Å². The Morgan fingerprint density at radius 1 is 1.27 bits per heavy atom. The Bertz CT molecular complexity index is 700. The number of benzene rings is 1. The second-order valence-corrected chi connectivity index (χ2v) is 7.67. The van der Waals surface area contributed by atoms with Gasteiger partial charge in [-0.2, -0.15) is 0 Å². The number of carbonyl (C=O) groups excluding carboxylic acids is 2. The minimum atomic E-state index is 0.0290. The molecule has 0 aromatic heterocycles. The van der Waals surface area contributed by atoms with Crippen LogP contribution in [0.2, 0.25) is 0 Å². The molecule has 2 fully saturated rings. The predicted molar refractivity (Wildman–Crippen MR) is 99.1 cm³/mol. The van der Waals surface area contributed by atoms with Crippen molar-refractivity contribution in [2.45, 2.75) is 44.7 Å². The number of hydrogen-bond donors (Lipinski definition) is 1. The third kappa shape index (κ3) is 3.62. The maximum absolute atomic E-state index is 12.8. The van der Waals surface area contributed by atoms with Gasteiger partial charge in [0, 0.05) is 50.6 Å². The maximum atomic E-state index is 12.8. The van der Waals surface area contributed by atoms with Gasteiger partial charge >= 0.3 is 0 Å². The van der Waals surface area contributed by atoms with Gasteiger partial charge in [-0.25, -0.2) is 0 Å². The first-order chi connectivity index (χ1) is 12.6. The van der Waals surface area contributed by atoms with Crippen LogP contribution in [0, 0.1) is 0 Å². The molecule has 26 heavy (non-hydrogen) atoms. The summed E-state index contributed by atoms with van der Waals surface area (Å²) in [5, 5.41) is 2.86. The summed E-state index contributed by atoms with van der Waals surface area (Å²) in [6.07, 6.45) is 3.03. The van der Waals surface area contributed by atoms with Gasteiger partial charge < -0.3 is 15.0 Å². The molecule has 6 nitrogen and oxygen atoms in total. The Balaban J connectivity index is 1.35. The van der Waals surface area contributed by atoms with Crippen molar-refractivity contribution in [3.05, 3.63) is 29.3 Å². The minimum absolute atomic E-state index is 0.0290. The van der Waals surface area contributed by atoms with Crippen LogP contribution in [-0.2, 0) is 27.2 Å². The van der Waals surface area contributed by atoms with Crippen molar-refractivity contribution < 1.29 is 14.3 Å². The second-order valence-electron chi connectivity index (χ2n) is 7.67. The molecule has 1 aromatic rings.